The van der Waals surface area contributed by atoms with Gasteiger partial charge >= 0.3 is 0 Å². The second-order valence-corrected chi connectivity index (χ2v) is 5.64. The topological polar surface area (TPSA) is 68.3 Å². The quantitative estimate of drug-likeness (QED) is 0.818. The van der Waals surface area contributed by atoms with E-state index in [-0.39, 0.29) is 27.6 Å². The van der Waals surface area contributed by atoms with Crippen LogP contribution in [0.25, 0.3) is 0 Å². The maximum absolute atomic E-state index is 12.2. The molecule has 0 aliphatic carbocycles. The van der Waals surface area contributed by atoms with E-state index in [4.69, 9.17) is 33.4 Å². The molecule has 1 amide bonds. The number of nitrogens with one attached hydrogen (secondary N) is 1. The molecule has 3 N–H and O–H groups in total. The summed E-state index contributed by atoms with van der Waals surface area (Å²) in [6.07, 6.45) is 3.14. The lowest BCUT2D eigenvalue weighted by atomic mass is 10.1. The van der Waals surface area contributed by atoms with Crippen molar-refractivity contribution in [1.82, 2.24) is 5.32 Å². The summed E-state index contributed by atoms with van der Waals surface area (Å²) in [6.45, 7) is 1.92. The molecule has 0 fully saturated rings. The van der Waals surface area contributed by atoms with Crippen LogP contribution in [0.4, 0.5) is 5.69 Å². The zero-order valence-electron chi connectivity index (χ0n) is 11.5. The molecule has 21 heavy (non-hydrogen) atoms. The van der Waals surface area contributed by atoms with Crippen LogP contribution in [0.2, 0.25) is 10.0 Å². The average molecular weight is 327 g/mol. The molecule has 2 aromatic rings. The third-order valence-electron chi connectivity index (χ3n) is 3.08. The minimum Gasteiger partial charge on any atom is -0.469 e. The standard InChI is InChI=1S/C15H16Cl2N2O2/c1-9(4-5-11-3-2-6-21-11)19-15(20)12-7-10(18)8-13(16)14(12)17/h2-3,6-9H,4-5,18H2,1H3,(H,19,20). The second kappa shape index (κ2) is 6.87. The van der Waals surface area contributed by atoms with Gasteiger partial charge in [0, 0.05) is 18.2 Å². The fraction of sp³-hybridized carbons (Fsp3) is 0.267. The van der Waals surface area contributed by atoms with Gasteiger partial charge in [-0.2, -0.15) is 0 Å². The SMILES string of the molecule is CC(CCc1ccco1)NC(=O)c1cc(N)cc(Cl)c1Cl. The van der Waals surface area contributed by atoms with E-state index >= 15 is 0 Å². The van der Waals surface area contributed by atoms with Gasteiger partial charge in [0.2, 0.25) is 0 Å². The molecule has 6 heteroatoms. The Balaban J connectivity index is 1.97. The molecular formula is C15H16Cl2N2O2. The maximum Gasteiger partial charge on any atom is 0.253 e. The Hall–Kier alpha value is -1.65. The Morgan fingerprint density at radius 3 is 2.86 bits per heavy atom. The molecule has 0 aliphatic rings. The van der Waals surface area contributed by atoms with Crippen molar-refractivity contribution in [3.05, 3.63) is 51.9 Å². The van der Waals surface area contributed by atoms with Crippen molar-refractivity contribution in [2.24, 2.45) is 0 Å². The summed E-state index contributed by atoms with van der Waals surface area (Å²) in [5.41, 5.74) is 6.37. The van der Waals surface area contributed by atoms with Gasteiger partial charge in [0.1, 0.15) is 5.76 Å². The highest BCUT2D eigenvalue weighted by Crippen LogP contribution is 2.28. The lowest BCUT2D eigenvalue weighted by Gasteiger charge is -2.14. The van der Waals surface area contributed by atoms with Crippen LogP contribution >= 0.6 is 23.2 Å². The molecule has 0 radical (unpaired) electrons. The minimum atomic E-state index is -0.291. The van der Waals surface area contributed by atoms with Gasteiger partial charge in [0.05, 0.1) is 21.9 Å². The molecule has 1 aromatic heterocycles. The van der Waals surface area contributed by atoms with Crippen LogP contribution in [0.1, 0.15) is 29.5 Å². The third-order valence-corrected chi connectivity index (χ3v) is 3.88. The molecule has 0 saturated carbocycles. The molecule has 1 aromatic carbocycles. The van der Waals surface area contributed by atoms with Crippen LogP contribution in [0, 0.1) is 0 Å². The van der Waals surface area contributed by atoms with Gasteiger partial charge in [-0.1, -0.05) is 23.2 Å². The number of benzene rings is 1. The smallest absolute Gasteiger partial charge is 0.253 e. The van der Waals surface area contributed by atoms with Gasteiger partial charge in [-0.3, -0.25) is 4.79 Å². The number of hydrogen-bond donors (Lipinski definition) is 2. The van der Waals surface area contributed by atoms with Crippen molar-refractivity contribution < 1.29 is 9.21 Å². The molecule has 0 spiro atoms. The van der Waals surface area contributed by atoms with Crippen LogP contribution in [-0.4, -0.2) is 11.9 Å². The van der Waals surface area contributed by atoms with E-state index in [1.54, 1.807) is 6.26 Å². The summed E-state index contributed by atoms with van der Waals surface area (Å²) in [7, 11) is 0. The first-order chi connectivity index (χ1) is 9.97. The predicted molar refractivity (Wildman–Crippen MR) is 84.8 cm³/mol. The van der Waals surface area contributed by atoms with Gasteiger partial charge in [-0.25, -0.2) is 0 Å². The molecule has 0 bridgehead atoms. The molecular weight excluding hydrogens is 311 g/mol. The number of nitrogen functional groups attached to an aromatic ring is 1. The first-order valence-electron chi connectivity index (χ1n) is 6.55. The number of anilines is 1. The maximum atomic E-state index is 12.2. The Labute approximate surface area is 133 Å². The van der Waals surface area contributed by atoms with Crippen LogP contribution < -0.4 is 11.1 Å². The number of halogens is 2. The Morgan fingerprint density at radius 1 is 1.43 bits per heavy atom. The zero-order chi connectivity index (χ0) is 15.4. The molecule has 2 rings (SSSR count). The number of hydrogen-bond acceptors (Lipinski definition) is 3. The molecule has 0 saturated heterocycles. The summed E-state index contributed by atoms with van der Waals surface area (Å²) in [5, 5.41) is 3.35. The molecule has 1 unspecified atom stereocenters. The van der Waals surface area contributed by atoms with Gasteiger partial charge in [-0.05, 0) is 37.6 Å². The first kappa shape index (κ1) is 15.7. The van der Waals surface area contributed by atoms with E-state index in [9.17, 15) is 4.79 Å². The molecule has 4 nitrogen and oxygen atoms in total. The van der Waals surface area contributed by atoms with E-state index < -0.39 is 0 Å². The molecule has 0 aliphatic heterocycles. The summed E-state index contributed by atoms with van der Waals surface area (Å²) >= 11 is 12.0. The number of aryl methyl sites for hydroxylation is 1. The van der Waals surface area contributed by atoms with Gasteiger partial charge < -0.3 is 15.5 Å². The Morgan fingerprint density at radius 2 is 2.19 bits per heavy atom. The first-order valence-corrected chi connectivity index (χ1v) is 7.30. The molecule has 112 valence electrons. The zero-order valence-corrected chi connectivity index (χ0v) is 13.0. The summed E-state index contributed by atoms with van der Waals surface area (Å²) < 4.78 is 5.26. The van der Waals surface area contributed by atoms with Crippen molar-refractivity contribution in [1.29, 1.82) is 0 Å². The summed E-state index contributed by atoms with van der Waals surface area (Å²) in [6, 6.07) is 6.75. The third kappa shape index (κ3) is 4.16. The lowest BCUT2D eigenvalue weighted by molar-refractivity contribution is 0.0938. The van der Waals surface area contributed by atoms with Crippen molar-refractivity contribution in [2.45, 2.75) is 25.8 Å². The fourth-order valence-corrected chi connectivity index (χ4v) is 2.39. The van der Waals surface area contributed by atoms with Crippen molar-refractivity contribution in [2.75, 3.05) is 5.73 Å². The highest BCUT2D eigenvalue weighted by Gasteiger charge is 2.16. The normalized spacial score (nSPS) is 12.1. The van der Waals surface area contributed by atoms with Crippen molar-refractivity contribution in [3.63, 3.8) is 0 Å². The van der Waals surface area contributed by atoms with Gasteiger partial charge in [0.15, 0.2) is 0 Å². The monoisotopic (exact) mass is 326 g/mol. The number of carbonyl (C=O) groups is 1. The van der Waals surface area contributed by atoms with E-state index in [0.717, 1.165) is 18.6 Å². The van der Waals surface area contributed by atoms with Crippen molar-refractivity contribution in [3.8, 4) is 0 Å². The number of carbonyl (C=O) groups excluding carboxylic acids is 1. The van der Waals surface area contributed by atoms with E-state index in [0.29, 0.717) is 5.69 Å². The van der Waals surface area contributed by atoms with Gasteiger partial charge in [-0.15, -0.1) is 0 Å². The average Bonchev–Trinajstić information content (AvgIpc) is 2.93. The predicted octanol–water partition coefficient (Wildman–Crippen LogP) is 3.92. The van der Waals surface area contributed by atoms with Crippen molar-refractivity contribution >= 4 is 34.8 Å². The largest absolute Gasteiger partial charge is 0.469 e. The van der Waals surface area contributed by atoms with Crippen LogP contribution in [0.15, 0.2) is 34.9 Å². The summed E-state index contributed by atoms with van der Waals surface area (Å²) in [5.74, 6) is 0.599. The van der Waals surface area contributed by atoms with E-state index in [2.05, 4.69) is 5.32 Å². The highest BCUT2D eigenvalue weighted by atomic mass is 35.5. The lowest BCUT2D eigenvalue weighted by Crippen LogP contribution is -2.33. The van der Waals surface area contributed by atoms with Crippen LogP contribution in [0.3, 0.4) is 0 Å². The van der Waals surface area contributed by atoms with Crippen LogP contribution in [-0.2, 0) is 6.42 Å². The number of nitrogens with two attached hydrogens (primary N) is 1. The van der Waals surface area contributed by atoms with E-state index in [1.165, 1.54) is 12.1 Å². The summed E-state index contributed by atoms with van der Waals surface area (Å²) in [4.78, 5) is 12.2. The second-order valence-electron chi connectivity index (χ2n) is 4.86. The number of rotatable bonds is 5. The minimum absolute atomic E-state index is 0.0288. The molecule has 1 atom stereocenters. The Kier molecular flexibility index (Phi) is 5.15. The highest BCUT2D eigenvalue weighted by molar-refractivity contribution is 6.44. The van der Waals surface area contributed by atoms with E-state index in [1.807, 2.05) is 19.1 Å². The van der Waals surface area contributed by atoms with Crippen LogP contribution in [0.5, 0.6) is 0 Å². The Bertz CT molecular complexity index is 627. The fourth-order valence-electron chi connectivity index (χ4n) is 1.96. The number of amides is 1. The van der Waals surface area contributed by atoms with Gasteiger partial charge in [0.25, 0.3) is 5.91 Å². The molecule has 1 heterocycles. The number of furan rings is 1.